The van der Waals surface area contributed by atoms with Crippen LogP contribution in [-0.4, -0.2) is 34.8 Å². The highest BCUT2D eigenvalue weighted by molar-refractivity contribution is 7.89. The zero-order valence-electron chi connectivity index (χ0n) is 16.4. The van der Waals surface area contributed by atoms with Crippen molar-refractivity contribution in [2.45, 2.75) is 44.7 Å². The molecule has 0 radical (unpaired) electrons. The summed E-state index contributed by atoms with van der Waals surface area (Å²) in [5.41, 5.74) is 1.25. The van der Waals surface area contributed by atoms with Crippen molar-refractivity contribution < 1.29 is 22.7 Å². The van der Waals surface area contributed by atoms with Crippen LogP contribution in [0.25, 0.3) is 11.0 Å². The quantitative estimate of drug-likeness (QED) is 0.499. The maximum atomic E-state index is 12.3. The van der Waals surface area contributed by atoms with Gasteiger partial charge in [0.1, 0.15) is 12.4 Å². The minimum absolute atomic E-state index is 0.0355. The van der Waals surface area contributed by atoms with Gasteiger partial charge >= 0.3 is 5.97 Å². The van der Waals surface area contributed by atoms with Gasteiger partial charge in [-0.3, -0.25) is 4.79 Å². The molecule has 3 N–H and O–H groups in total. The summed E-state index contributed by atoms with van der Waals surface area (Å²) in [6.45, 7) is 3.92. The molecule has 0 saturated carbocycles. The first-order chi connectivity index (χ1) is 14.2. The molecule has 1 aromatic carbocycles. The van der Waals surface area contributed by atoms with Gasteiger partial charge in [0, 0.05) is 18.8 Å². The normalized spacial score (nSPS) is 11.6. The minimum atomic E-state index is -3.85. The Balaban J connectivity index is 1.83. The third kappa shape index (κ3) is 5.01. The van der Waals surface area contributed by atoms with Crippen molar-refractivity contribution in [1.82, 2.24) is 14.5 Å². The molecular weight excluding hydrogens is 430 g/mol. The number of hydrogen-bond acceptors (Lipinski definition) is 8. The number of amides is 1. The van der Waals surface area contributed by atoms with Gasteiger partial charge in [-0.1, -0.05) is 13.3 Å². The molecule has 0 unspecified atom stereocenters. The second kappa shape index (κ2) is 8.90. The molecule has 2 heterocycles. The number of imidazole rings is 1. The minimum Gasteiger partial charge on any atom is -0.453 e. The van der Waals surface area contributed by atoms with Crippen LogP contribution in [-0.2, 0) is 32.7 Å². The molecule has 160 valence electrons. The van der Waals surface area contributed by atoms with E-state index in [9.17, 15) is 18.0 Å². The summed E-state index contributed by atoms with van der Waals surface area (Å²) in [6, 6.07) is 4.47. The Labute approximate surface area is 177 Å². The maximum Gasteiger partial charge on any atom is 0.358 e. The van der Waals surface area contributed by atoms with Gasteiger partial charge in [-0.2, -0.15) is 0 Å². The monoisotopic (exact) mass is 451 g/mol. The van der Waals surface area contributed by atoms with E-state index in [4.69, 9.17) is 9.88 Å². The number of carbonyl (C=O) groups is 2. The summed E-state index contributed by atoms with van der Waals surface area (Å²) in [6.07, 6.45) is 1.81. The Bertz CT molecular complexity index is 1200. The molecule has 12 heteroatoms. The largest absolute Gasteiger partial charge is 0.453 e. The number of esters is 1. The fourth-order valence-electron chi connectivity index (χ4n) is 2.79. The van der Waals surface area contributed by atoms with E-state index >= 15 is 0 Å². The van der Waals surface area contributed by atoms with Crippen molar-refractivity contribution in [3.8, 4) is 0 Å². The number of nitrogens with one attached hydrogen (secondary N) is 1. The number of hydrogen-bond donors (Lipinski definition) is 2. The van der Waals surface area contributed by atoms with E-state index < -0.39 is 16.0 Å². The second-order valence-corrected chi connectivity index (χ2v) is 8.94. The van der Waals surface area contributed by atoms with Crippen LogP contribution in [0, 0.1) is 0 Å². The number of rotatable bonds is 8. The number of fused-ring (bicyclic) bond motifs is 1. The number of benzene rings is 1. The number of aromatic nitrogens is 3. The first kappa shape index (κ1) is 21.9. The fraction of sp³-hybridized carbons (Fsp3) is 0.333. The molecule has 10 nitrogen and oxygen atoms in total. The van der Waals surface area contributed by atoms with Crippen LogP contribution in [0.3, 0.4) is 0 Å². The molecule has 0 bridgehead atoms. The summed E-state index contributed by atoms with van der Waals surface area (Å²) in [4.78, 5) is 31.8. The van der Waals surface area contributed by atoms with Crippen molar-refractivity contribution in [2.24, 2.45) is 5.14 Å². The standard InChI is InChI=1S/C18H21N5O5S2/c1-3-4-7-23-15-6-5-12(30(19,26)27)8-13(15)21-16(23)9-28-17(25)14-10-29-18(22-14)20-11(2)24/h5-6,8,10H,3-4,7,9H2,1-2H3,(H2,19,26,27)(H,20,22,24). The lowest BCUT2D eigenvalue weighted by molar-refractivity contribution is -0.114. The van der Waals surface area contributed by atoms with Crippen LogP contribution in [0.2, 0.25) is 0 Å². The van der Waals surface area contributed by atoms with Crippen LogP contribution in [0.1, 0.15) is 43.0 Å². The molecule has 30 heavy (non-hydrogen) atoms. The number of primary sulfonamides is 1. The summed E-state index contributed by atoms with van der Waals surface area (Å²) in [5.74, 6) is -0.453. The Kier molecular flexibility index (Phi) is 6.48. The smallest absolute Gasteiger partial charge is 0.358 e. The Morgan fingerprint density at radius 3 is 2.73 bits per heavy atom. The van der Waals surface area contributed by atoms with Crippen LogP contribution < -0.4 is 10.5 Å². The van der Waals surface area contributed by atoms with E-state index in [1.807, 2.05) is 11.5 Å². The first-order valence-electron chi connectivity index (χ1n) is 9.11. The molecule has 0 atom stereocenters. The Hall–Kier alpha value is -2.83. The van der Waals surface area contributed by atoms with Gasteiger partial charge in [-0.25, -0.2) is 28.3 Å². The van der Waals surface area contributed by atoms with Crippen LogP contribution in [0.5, 0.6) is 0 Å². The van der Waals surface area contributed by atoms with E-state index in [0.717, 1.165) is 29.7 Å². The molecule has 3 aromatic rings. The lowest BCUT2D eigenvalue weighted by Gasteiger charge is -2.09. The number of nitrogens with two attached hydrogens (primary N) is 1. The second-order valence-electron chi connectivity index (χ2n) is 6.52. The number of carbonyl (C=O) groups excluding carboxylic acids is 2. The Morgan fingerprint density at radius 2 is 2.07 bits per heavy atom. The number of nitrogens with zero attached hydrogens (tertiary/aromatic N) is 3. The zero-order chi connectivity index (χ0) is 21.9. The van der Waals surface area contributed by atoms with Crippen molar-refractivity contribution >= 4 is 49.4 Å². The van der Waals surface area contributed by atoms with Crippen LogP contribution in [0.15, 0.2) is 28.5 Å². The molecule has 2 aromatic heterocycles. The third-order valence-corrected chi connectivity index (χ3v) is 5.86. The Morgan fingerprint density at radius 1 is 1.30 bits per heavy atom. The van der Waals surface area contributed by atoms with Crippen molar-refractivity contribution in [3.63, 3.8) is 0 Å². The first-order valence-corrected chi connectivity index (χ1v) is 11.5. The van der Waals surface area contributed by atoms with Gasteiger partial charge in [0.15, 0.2) is 10.8 Å². The van der Waals surface area contributed by atoms with Gasteiger partial charge in [-0.15, -0.1) is 11.3 Å². The van der Waals surface area contributed by atoms with Crippen molar-refractivity contribution in [1.29, 1.82) is 0 Å². The molecule has 1 amide bonds. The van der Waals surface area contributed by atoms with E-state index in [2.05, 4.69) is 15.3 Å². The summed E-state index contributed by atoms with van der Waals surface area (Å²) < 4.78 is 30.5. The predicted molar refractivity (Wildman–Crippen MR) is 112 cm³/mol. The fourth-order valence-corrected chi connectivity index (χ4v) is 4.05. The number of ether oxygens (including phenoxy) is 1. The van der Waals surface area contributed by atoms with E-state index in [1.165, 1.54) is 24.4 Å². The number of thiazole rings is 1. The van der Waals surface area contributed by atoms with Crippen LogP contribution in [0.4, 0.5) is 5.13 Å². The highest BCUT2D eigenvalue weighted by atomic mass is 32.2. The summed E-state index contributed by atoms with van der Waals surface area (Å²) in [7, 11) is -3.85. The van der Waals surface area contributed by atoms with Crippen molar-refractivity contribution in [2.75, 3.05) is 5.32 Å². The van der Waals surface area contributed by atoms with Gasteiger partial charge in [0.25, 0.3) is 0 Å². The third-order valence-electron chi connectivity index (χ3n) is 4.19. The highest BCUT2D eigenvalue weighted by Crippen LogP contribution is 2.22. The maximum absolute atomic E-state index is 12.3. The average Bonchev–Trinajstić information content (AvgIpc) is 3.27. The molecule has 0 saturated heterocycles. The van der Waals surface area contributed by atoms with Gasteiger partial charge in [-0.05, 0) is 24.6 Å². The topological polar surface area (TPSA) is 146 Å². The van der Waals surface area contributed by atoms with Gasteiger partial charge in [0.2, 0.25) is 15.9 Å². The average molecular weight is 452 g/mol. The van der Waals surface area contributed by atoms with E-state index in [1.54, 1.807) is 6.07 Å². The van der Waals surface area contributed by atoms with Gasteiger partial charge in [0.05, 0.1) is 15.9 Å². The predicted octanol–water partition coefficient (Wildman–Crippen LogP) is 2.26. The van der Waals surface area contributed by atoms with Crippen molar-refractivity contribution in [3.05, 3.63) is 35.1 Å². The molecular formula is C18H21N5O5S2. The highest BCUT2D eigenvalue weighted by Gasteiger charge is 2.18. The van der Waals surface area contributed by atoms with Gasteiger partial charge < -0.3 is 14.6 Å². The summed E-state index contributed by atoms with van der Waals surface area (Å²) >= 11 is 1.12. The lowest BCUT2D eigenvalue weighted by atomic mass is 10.3. The van der Waals surface area contributed by atoms with Crippen LogP contribution >= 0.6 is 11.3 Å². The SMILES string of the molecule is CCCCn1c(COC(=O)c2csc(NC(C)=O)n2)nc2cc(S(N)(=O)=O)ccc21. The molecule has 0 aliphatic heterocycles. The number of anilines is 1. The molecule has 3 rings (SSSR count). The number of aryl methyl sites for hydroxylation is 1. The molecule has 0 fully saturated rings. The molecule has 0 spiro atoms. The lowest BCUT2D eigenvalue weighted by Crippen LogP contribution is -2.12. The molecule has 0 aliphatic rings. The van der Waals surface area contributed by atoms with E-state index in [0.29, 0.717) is 23.0 Å². The summed E-state index contributed by atoms with van der Waals surface area (Å²) in [5, 5.41) is 9.51. The number of unbranched alkanes of at least 4 members (excludes halogenated alkanes) is 1. The molecule has 0 aliphatic carbocycles. The number of sulfonamides is 1. The zero-order valence-corrected chi connectivity index (χ0v) is 18.0. The van der Waals surface area contributed by atoms with E-state index in [-0.39, 0.29) is 23.1 Å².